The zero-order valence-electron chi connectivity index (χ0n) is 7.63. The molecular formula is C11H14O. The summed E-state index contributed by atoms with van der Waals surface area (Å²) in [5, 5.41) is 0. The predicted octanol–water partition coefficient (Wildman–Crippen LogP) is 2.82. The van der Waals surface area contributed by atoms with Crippen molar-refractivity contribution < 1.29 is 4.79 Å². The molecule has 0 spiro atoms. The van der Waals surface area contributed by atoms with Crippen molar-refractivity contribution in [1.29, 1.82) is 0 Å². The zero-order valence-corrected chi connectivity index (χ0v) is 7.63. The number of hydrogen-bond acceptors (Lipinski definition) is 1. The van der Waals surface area contributed by atoms with Crippen LogP contribution in [0, 0.1) is 0 Å². The Kier molecular flexibility index (Phi) is 4.70. The summed E-state index contributed by atoms with van der Waals surface area (Å²) < 4.78 is 0. The second kappa shape index (κ2) is 5.30. The van der Waals surface area contributed by atoms with Crippen LogP contribution < -0.4 is 0 Å². The van der Waals surface area contributed by atoms with Gasteiger partial charge in [-0.3, -0.25) is 4.79 Å². The summed E-state index contributed by atoms with van der Waals surface area (Å²) >= 11 is 0. The van der Waals surface area contributed by atoms with Crippen molar-refractivity contribution in [3.8, 4) is 0 Å². The van der Waals surface area contributed by atoms with E-state index >= 15 is 0 Å². The van der Waals surface area contributed by atoms with Crippen molar-refractivity contribution in [2.75, 3.05) is 0 Å². The first kappa shape index (κ1) is 10.6. The molecule has 0 unspecified atom stereocenters. The molecule has 0 aliphatic heterocycles. The Morgan fingerprint density at radius 3 is 2.33 bits per heavy atom. The van der Waals surface area contributed by atoms with Crippen LogP contribution in [0.15, 0.2) is 48.6 Å². The Bertz CT molecular complexity index is 254. The molecule has 0 fully saturated rings. The van der Waals surface area contributed by atoms with Crippen LogP contribution in [0.4, 0.5) is 0 Å². The van der Waals surface area contributed by atoms with Gasteiger partial charge in [0.1, 0.15) is 0 Å². The molecule has 0 aliphatic rings. The summed E-state index contributed by atoms with van der Waals surface area (Å²) in [6.45, 7) is 10.7. The fourth-order valence-electron chi connectivity index (χ4n) is 0.760. The molecule has 0 radical (unpaired) electrons. The molecule has 0 aliphatic carbocycles. The summed E-state index contributed by atoms with van der Waals surface area (Å²) in [6, 6.07) is 0. The quantitative estimate of drug-likeness (QED) is 0.459. The fraction of sp³-hybridized carbons (Fsp3) is 0.182. The van der Waals surface area contributed by atoms with Gasteiger partial charge < -0.3 is 0 Å². The van der Waals surface area contributed by atoms with Crippen molar-refractivity contribution in [2.45, 2.75) is 13.8 Å². The number of allylic oxidation sites excluding steroid dienone is 6. The van der Waals surface area contributed by atoms with E-state index in [2.05, 4.69) is 13.2 Å². The van der Waals surface area contributed by atoms with Crippen LogP contribution in [0.2, 0.25) is 0 Å². The van der Waals surface area contributed by atoms with Gasteiger partial charge in [0.2, 0.25) is 0 Å². The lowest BCUT2D eigenvalue weighted by molar-refractivity contribution is -0.111. The van der Waals surface area contributed by atoms with Gasteiger partial charge in [-0.25, -0.2) is 0 Å². The van der Waals surface area contributed by atoms with E-state index in [0.717, 1.165) is 0 Å². The molecule has 0 saturated heterocycles. The summed E-state index contributed by atoms with van der Waals surface area (Å²) in [5.74, 6) is -0.0343. The normalized spacial score (nSPS) is 11.7. The first-order chi connectivity index (χ1) is 5.63. The van der Waals surface area contributed by atoms with Crippen LogP contribution in [0.1, 0.15) is 13.8 Å². The number of rotatable bonds is 4. The molecule has 0 aromatic carbocycles. The number of Topliss-reactive ketones (excluding diaryl/α,β-unsaturated/α-hetero) is 1. The van der Waals surface area contributed by atoms with E-state index in [1.807, 2.05) is 13.0 Å². The van der Waals surface area contributed by atoms with Crippen molar-refractivity contribution in [3.05, 3.63) is 48.6 Å². The average molecular weight is 162 g/mol. The number of ketones is 1. The van der Waals surface area contributed by atoms with E-state index in [-0.39, 0.29) is 5.78 Å². The molecule has 0 aromatic heterocycles. The van der Waals surface area contributed by atoms with Crippen LogP contribution >= 0.6 is 0 Å². The third kappa shape index (κ3) is 3.15. The Balaban J connectivity index is 4.75. The van der Waals surface area contributed by atoms with Crippen LogP contribution in [0.3, 0.4) is 0 Å². The topological polar surface area (TPSA) is 17.1 Å². The molecular weight excluding hydrogens is 148 g/mol. The predicted molar refractivity (Wildman–Crippen MR) is 52.9 cm³/mol. The van der Waals surface area contributed by atoms with Gasteiger partial charge in [-0.05, 0) is 19.4 Å². The van der Waals surface area contributed by atoms with Gasteiger partial charge in [0.15, 0.2) is 5.78 Å². The van der Waals surface area contributed by atoms with Crippen molar-refractivity contribution in [1.82, 2.24) is 0 Å². The van der Waals surface area contributed by atoms with E-state index in [4.69, 9.17) is 0 Å². The minimum absolute atomic E-state index is 0.0343. The molecule has 0 aromatic rings. The Morgan fingerprint density at radius 1 is 1.42 bits per heavy atom. The van der Waals surface area contributed by atoms with E-state index in [1.54, 1.807) is 25.2 Å². The highest BCUT2D eigenvalue weighted by molar-refractivity contribution is 6.09. The maximum absolute atomic E-state index is 11.4. The number of carbonyl (C=O) groups is 1. The maximum atomic E-state index is 11.4. The van der Waals surface area contributed by atoms with Crippen LogP contribution in [-0.4, -0.2) is 5.78 Å². The molecule has 1 nitrogen and oxygen atoms in total. The Hall–Kier alpha value is -1.37. The zero-order chi connectivity index (χ0) is 9.56. The summed E-state index contributed by atoms with van der Waals surface area (Å²) in [5.41, 5.74) is 1.17. The number of carbonyl (C=O) groups excluding carboxylic acids is 1. The van der Waals surface area contributed by atoms with Gasteiger partial charge in [-0.15, -0.1) is 0 Å². The van der Waals surface area contributed by atoms with Crippen LogP contribution in [-0.2, 0) is 4.79 Å². The first-order valence-electron chi connectivity index (χ1n) is 3.79. The lowest BCUT2D eigenvalue weighted by Crippen LogP contribution is -2.00. The molecule has 0 N–H and O–H groups in total. The van der Waals surface area contributed by atoms with Gasteiger partial charge in [-0.1, -0.05) is 37.5 Å². The molecule has 0 heterocycles. The monoisotopic (exact) mass is 162 g/mol. The fourth-order valence-corrected chi connectivity index (χ4v) is 0.760. The lowest BCUT2D eigenvalue weighted by Gasteiger charge is -1.98. The summed E-state index contributed by atoms with van der Waals surface area (Å²) in [7, 11) is 0. The van der Waals surface area contributed by atoms with Crippen molar-refractivity contribution >= 4 is 5.78 Å². The highest BCUT2D eigenvalue weighted by Crippen LogP contribution is 2.05. The molecule has 64 valence electrons. The lowest BCUT2D eigenvalue weighted by atomic mass is 10.1. The van der Waals surface area contributed by atoms with Crippen LogP contribution in [0.25, 0.3) is 0 Å². The van der Waals surface area contributed by atoms with Gasteiger partial charge in [0, 0.05) is 5.57 Å². The maximum Gasteiger partial charge on any atom is 0.188 e. The Morgan fingerprint density at radius 2 is 2.00 bits per heavy atom. The molecule has 1 heteroatoms. The summed E-state index contributed by atoms with van der Waals surface area (Å²) in [4.78, 5) is 11.4. The van der Waals surface area contributed by atoms with Crippen LogP contribution in [0.5, 0.6) is 0 Å². The van der Waals surface area contributed by atoms with Gasteiger partial charge >= 0.3 is 0 Å². The van der Waals surface area contributed by atoms with Gasteiger partial charge in [0.25, 0.3) is 0 Å². The summed E-state index contributed by atoms with van der Waals surface area (Å²) in [6.07, 6.45) is 6.84. The van der Waals surface area contributed by atoms with E-state index in [0.29, 0.717) is 11.1 Å². The van der Waals surface area contributed by atoms with E-state index in [9.17, 15) is 4.79 Å². The van der Waals surface area contributed by atoms with E-state index < -0.39 is 0 Å². The SMILES string of the molecule is C=C/C=C(\C=C/C)C(=O)C(=C)C. The third-order valence-corrected chi connectivity index (χ3v) is 1.29. The van der Waals surface area contributed by atoms with Gasteiger partial charge in [0.05, 0.1) is 0 Å². The third-order valence-electron chi connectivity index (χ3n) is 1.29. The van der Waals surface area contributed by atoms with Gasteiger partial charge in [-0.2, -0.15) is 0 Å². The molecule has 0 amide bonds. The molecule has 12 heavy (non-hydrogen) atoms. The Labute approximate surface area is 73.8 Å². The minimum Gasteiger partial charge on any atom is -0.289 e. The highest BCUT2D eigenvalue weighted by Gasteiger charge is 2.04. The largest absolute Gasteiger partial charge is 0.289 e. The number of hydrogen-bond donors (Lipinski definition) is 0. The molecule has 0 bridgehead atoms. The van der Waals surface area contributed by atoms with Crippen molar-refractivity contribution in [2.24, 2.45) is 0 Å². The highest BCUT2D eigenvalue weighted by atomic mass is 16.1. The molecule has 0 atom stereocenters. The molecule has 0 rings (SSSR count). The second-order valence-corrected chi connectivity index (χ2v) is 2.47. The average Bonchev–Trinajstić information content (AvgIpc) is 2.03. The standard InChI is InChI=1S/C11H14O/c1-5-7-10(8-6-2)11(12)9(3)4/h5-8H,1,3H2,2,4H3/b8-6-,10-7+. The second-order valence-electron chi connectivity index (χ2n) is 2.47. The smallest absolute Gasteiger partial charge is 0.188 e. The van der Waals surface area contributed by atoms with Crippen molar-refractivity contribution in [3.63, 3.8) is 0 Å². The molecule has 0 saturated carbocycles. The van der Waals surface area contributed by atoms with E-state index in [1.165, 1.54) is 0 Å². The first-order valence-corrected chi connectivity index (χ1v) is 3.79. The minimum atomic E-state index is -0.0343.